The molecule has 2 heteroatoms. The summed E-state index contributed by atoms with van der Waals surface area (Å²) in [6.07, 6.45) is 6.92. The van der Waals surface area contributed by atoms with Gasteiger partial charge in [0.15, 0.2) is 0 Å². The summed E-state index contributed by atoms with van der Waals surface area (Å²) in [7, 11) is 0. The number of nitrogens with one attached hydrogen (secondary N) is 1. The second kappa shape index (κ2) is 6.21. The monoisotopic (exact) mass is 265 g/mol. The van der Waals surface area contributed by atoms with Gasteiger partial charge in [-0.25, -0.2) is 0 Å². The van der Waals surface area contributed by atoms with E-state index < -0.39 is 0 Å². The summed E-state index contributed by atoms with van der Waals surface area (Å²) < 4.78 is 0. The summed E-state index contributed by atoms with van der Waals surface area (Å²) in [6.45, 7) is 9.18. The maximum atomic E-state index is 3.86. The quantitative estimate of drug-likeness (QED) is 0.760. The van der Waals surface area contributed by atoms with E-state index in [1.165, 1.54) is 47.4 Å². The van der Waals surface area contributed by atoms with Crippen molar-refractivity contribution in [2.75, 3.05) is 0 Å². The van der Waals surface area contributed by atoms with Gasteiger partial charge in [0.25, 0.3) is 0 Å². The van der Waals surface area contributed by atoms with Crippen molar-refractivity contribution < 1.29 is 0 Å². The van der Waals surface area contributed by atoms with Gasteiger partial charge in [-0.2, -0.15) is 0 Å². The highest BCUT2D eigenvalue weighted by molar-refractivity contribution is 7.12. The highest BCUT2D eigenvalue weighted by Crippen LogP contribution is 2.28. The number of thiophene rings is 1. The summed E-state index contributed by atoms with van der Waals surface area (Å²) in [5.41, 5.74) is 1.51. The molecule has 0 amide bonds. The molecule has 1 heterocycles. The van der Waals surface area contributed by atoms with Gasteiger partial charge in [0.05, 0.1) is 0 Å². The third-order valence-corrected chi connectivity index (χ3v) is 5.27. The van der Waals surface area contributed by atoms with Gasteiger partial charge in [0.2, 0.25) is 0 Å². The van der Waals surface area contributed by atoms with E-state index in [0.717, 1.165) is 12.0 Å². The van der Waals surface area contributed by atoms with Crippen molar-refractivity contribution in [1.82, 2.24) is 5.32 Å². The SMILES string of the molecule is Cc1cc(C(C)NC2CCCC(C)CC2)c(C)s1. The molecule has 18 heavy (non-hydrogen) atoms. The lowest BCUT2D eigenvalue weighted by atomic mass is 10.0. The minimum Gasteiger partial charge on any atom is -0.307 e. The van der Waals surface area contributed by atoms with E-state index in [-0.39, 0.29) is 0 Å². The lowest BCUT2D eigenvalue weighted by Crippen LogP contribution is -2.31. The molecule has 3 unspecified atom stereocenters. The third kappa shape index (κ3) is 3.58. The first kappa shape index (κ1) is 14.1. The van der Waals surface area contributed by atoms with E-state index in [0.29, 0.717) is 6.04 Å². The van der Waals surface area contributed by atoms with Crippen LogP contribution >= 0.6 is 11.3 Å². The Bertz CT molecular complexity index is 382. The Morgan fingerprint density at radius 3 is 2.67 bits per heavy atom. The molecular formula is C16H27NS. The molecule has 1 N–H and O–H groups in total. The van der Waals surface area contributed by atoms with Crippen LogP contribution in [0.5, 0.6) is 0 Å². The molecule has 1 aliphatic carbocycles. The molecule has 0 bridgehead atoms. The summed E-state index contributed by atoms with van der Waals surface area (Å²) in [6, 6.07) is 3.59. The van der Waals surface area contributed by atoms with Crippen LogP contribution in [-0.4, -0.2) is 6.04 Å². The van der Waals surface area contributed by atoms with Gasteiger partial charge in [-0.05, 0) is 57.6 Å². The molecule has 2 rings (SSSR count). The summed E-state index contributed by atoms with van der Waals surface area (Å²) >= 11 is 1.92. The topological polar surface area (TPSA) is 12.0 Å². The fourth-order valence-electron chi connectivity index (χ4n) is 3.18. The van der Waals surface area contributed by atoms with Crippen LogP contribution < -0.4 is 5.32 Å². The molecule has 0 aliphatic heterocycles. The smallest absolute Gasteiger partial charge is 0.0305 e. The van der Waals surface area contributed by atoms with Crippen molar-refractivity contribution in [2.45, 2.75) is 71.9 Å². The van der Waals surface area contributed by atoms with Crippen LogP contribution in [0.3, 0.4) is 0 Å². The highest BCUT2D eigenvalue weighted by Gasteiger charge is 2.19. The molecule has 1 aromatic heterocycles. The van der Waals surface area contributed by atoms with Gasteiger partial charge < -0.3 is 5.32 Å². The first-order valence-electron chi connectivity index (χ1n) is 7.39. The Morgan fingerprint density at radius 2 is 2.00 bits per heavy atom. The second-order valence-corrected chi connectivity index (χ2v) is 7.53. The maximum Gasteiger partial charge on any atom is 0.0305 e. The van der Waals surface area contributed by atoms with Gasteiger partial charge in [-0.15, -0.1) is 11.3 Å². The Hall–Kier alpha value is -0.340. The van der Waals surface area contributed by atoms with Crippen LogP contribution in [0.2, 0.25) is 0 Å². The largest absolute Gasteiger partial charge is 0.307 e. The van der Waals surface area contributed by atoms with Crippen LogP contribution in [-0.2, 0) is 0 Å². The Labute approximate surface area is 116 Å². The van der Waals surface area contributed by atoms with E-state index in [2.05, 4.69) is 39.1 Å². The zero-order valence-electron chi connectivity index (χ0n) is 12.3. The molecule has 1 aromatic rings. The normalized spacial score (nSPS) is 26.9. The van der Waals surface area contributed by atoms with Gasteiger partial charge in [-0.3, -0.25) is 0 Å². The molecule has 0 saturated heterocycles. The van der Waals surface area contributed by atoms with E-state index in [4.69, 9.17) is 0 Å². The van der Waals surface area contributed by atoms with Crippen LogP contribution in [0.4, 0.5) is 0 Å². The fourth-order valence-corrected chi connectivity index (χ4v) is 4.20. The van der Waals surface area contributed by atoms with Crippen molar-refractivity contribution in [3.8, 4) is 0 Å². The van der Waals surface area contributed by atoms with Crippen molar-refractivity contribution in [1.29, 1.82) is 0 Å². The highest BCUT2D eigenvalue weighted by atomic mass is 32.1. The van der Waals surface area contributed by atoms with E-state index >= 15 is 0 Å². The first-order valence-corrected chi connectivity index (χ1v) is 8.21. The molecule has 1 fully saturated rings. The Balaban J connectivity index is 1.94. The van der Waals surface area contributed by atoms with Crippen LogP contribution in [0.1, 0.15) is 67.3 Å². The minimum atomic E-state index is 0.508. The maximum absolute atomic E-state index is 3.86. The predicted octanol–water partition coefficient (Wildman–Crippen LogP) is 4.98. The molecular weight excluding hydrogens is 238 g/mol. The zero-order valence-corrected chi connectivity index (χ0v) is 13.1. The van der Waals surface area contributed by atoms with Gasteiger partial charge >= 0.3 is 0 Å². The van der Waals surface area contributed by atoms with Crippen molar-refractivity contribution >= 4 is 11.3 Å². The number of hydrogen-bond donors (Lipinski definition) is 1. The molecule has 0 spiro atoms. The Morgan fingerprint density at radius 1 is 1.22 bits per heavy atom. The zero-order chi connectivity index (χ0) is 13.1. The van der Waals surface area contributed by atoms with E-state index in [9.17, 15) is 0 Å². The van der Waals surface area contributed by atoms with Crippen LogP contribution in [0, 0.1) is 19.8 Å². The predicted molar refractivity (Wildman–Crippen MR) is 81.4 cm³/mol. The lowest BCUT2D eigenvalue weighted by molar-refractivity contribution is 0.408. The molecule has 102 valence electrons. The van der Waals surface area contributed by atoms with Crippen molar-refractivity contribution in [3.63, 3.8) is 0 Å². The molecule has 0 radical (unpaired) electrons. The fraction of sp³-hybridized carbons (Fsp3) is 0.750. The minimum absolute atomic E-state index is 0.508. The van der Waals surface area contributed by atoms with Crippen LogP contribution in [0.15, 0.2) is 6.07 Å². The number of aryl methyl sites for hydroxylation is 2. The van der Waals surface area contributed by atoms with E-state index in [1.807, 2.05) is 11.3 Å². The van der Waals surface area contributed by atoms with Gasteiger partial charge in [-0.1, -0.05) is 19.8 Å². The van der Waals surface area contributed by atoms with Crippen LogP contribution in [0.25, 0.3) is 0 Å². The number of hydrogen-bond acceptors (Lipinski definition) is 2. The van der Waals surface area contributed by atoms with Crippen molar-refractivity contribution in [2.24, 2.45) is 5.92 Å². The molecule has 1 saturated carbocycles. The molecule has 0 aromatic carbocycles. The van der Waals surface area contributed by atoms with Crippen molar-refractivity contribution in [3.05, 3.63) is 21.4 Å². The van der Waals surface area contributed by atoms with Gasteiger partial charge in [0.1, 0.15) is 0 Å². The summed E-state index contributed by atoms with van der Waals surface area (Å²) in [4.78, 5) is 2.92. The van der Waals surface area contributed by atoms with Gasteiger partial charge in [0, 0.05) is 21.8 Å². The molecule has 1 aliphatic rings. The summed E-state index contributed by atoms with van der Waals surface area (Å²) in [5, 5.41) is 3.86. The van der Waals surface area contributed by atoms with E-state index in [1.54, 1.807) is 0 Å². The second-order valence-electron chi connectivity index (χ2n) is 6.07. The average Bonchev–Trinajstić information content (AvgIpc) is 2.51. The molecule has 3 atom stereocenters. The summed E-state index contributed by atoms with van der Waals surface area (Å²) in [5.74, 6) is 0.928. The molecule has 1 nitrogen and oxygen atoms in total. The first-order chi connectivity index (χ1) is 8.56. The number of rotatable bonds is 3. The Kier molecular flexibility index (Phi) is 4.85. The average molecular weight is 265 g/mol. The lowest BCUT2D eigenvalue weighted by Gasteiger charge is -2.22. The third-order valence-electron chi connectivity index (χ3n) is 4.29. The standard InChI is InChI=1S/C16H27NS/c1-11-6-5-7-15(9-8-11)17-13(3)16-10-12(2)18-14(16)4/h10-11,13,15,17H,5-9H2,1-4H3.